The van der Waals surface area contributed by atoms with Crippen LogP contribution in [0.2, 0.25) is 0 Å². The minimum atomic E-state index is 0. The van der Waals surface area contributed by atoms with E-state index in [-0.39, 0.29) is 36.8 Å². The maximum atomic E-state index is 12.6. The van der Waals surface area contributed by atoms with E-state index in [2.05, 4.69) is 9.80 Å². The van der Waals surface area contributed by atoms with Gasteiger partial charge in [-0.15, -0.1) is 24.8 Å². The lowest BCUT2D eigenvalue weighted by atomic mass is 9.85. The van der Waals surface area contributed by atoms with Crippen molar-refractivity contribution in [1.29, 1.82) is 0 Å². The first kappa shape index (κ1) is 21.0. The number of nitrogens with zero attached hydrogens (tertiary/aromatic N) is 2. The Morgan fingerprint density at radius 1 is 0.957 bits per heavy atom. The van der Waals surface area contributed by atoms with Crippen molar-refractivity contribution in [3.8, 4) is 0 Å². The van der Waals surface area contributed by atoms with Crippen molar-refractivity contribution in [2.24, 2.45) is 11.7 Å². The van der Waals surface area contributed by atoms with Gasteiger partial charge < -0.3 is 15.4 Å². The Bertz CT molecular complexity index is 359. The highest BCUT2D eigenvalue weighted by Gasteiger charge is 2.32. The largest absolute Gasteiger partial charge is 0.381 e. The van der Waals surface area contributed by atoms with E-state index in [1.54, 1.807) is 0 Å². The number of piperazine rings is 1. The Morgan fingerprint density at radius 2 is 1.61 bits per heavy atom. The number of halogens is 2. The highest BCUT2D eigenvalue weighted by molar-refractivity contribution is 5.85. The van der Waals surface area contributed by atoms with Crippen LogP contribution in [0.25, 0.3) is 0 Å². The van der Waals surface area contributed by atoms with E-state index in [9.17, 15) is 4.79 Å². The molecule has 1 amide bonds. The van der Waals surface area contributed by atoms with E-state index < -0.39 is 0 Å². The first-order chi connectivity index (χ1) is 10.2. The third kappa shape index (κ3) is 5.46. The summed E-state index contributed by atoms with van der Waals surface area (Å²) in [4.78, 5) is 17.2. The number of nitrogens with two attached hydrogens (primary N) is 1. The summed E-state index contributed by atoms with van der Waals surface area (Å²) in [5.41, 5.74) is 6.02. The van der Waals surface area contributed by atoms with Gasteiger partial charge in [-0.25, -0.2) is 0 Å². The smallest absolute Gasteiger partial charge is 0.225 e. The maximum Gasteiger partial charge on any atom is 0.225 e. The number of rotatable bonds is 2. The van der Waals surface area contributed by atoms with Gasteiger partial charge in [-0.2, -0.15) is 0 Å². The molecule has 0 aromatic heterocycles. The zero-order valence-corrected chi connectivity index (χ0v) is 15.5. The molecule has 2 aliphatic heterocycles. The zero-order valence-electron chi connectivity index (χ0n) is 13.8. The Balaban J connectivity index is 0.00000132. The Hall–Kier alpha value is -0.0700. The minimum absolute atomic E-state index is 0. The van der Waals surface area contributed by atoms with Gasteiger partial charge >= 0.3 is 0 Å². The molecule has 0 spiro atoms. The predicted octanol–water partition coefficient (Wildman–Crippen LogP) is 1.67. The molecule has 2 N–H and O–H groups in total. The van der Waals surface area contributed by atoms with E-state index in [1.807, 2.05) is 0 Å². The van der Waals surface area contributed by atoms with Gasteiger partial charge in [-0.3, -0.25) is 9.69 Å². The molecule has 136 valence electrons. The van der Waals surface area contributed by atoms with Crippen molar-refractivity contribution >= 4 is 30.7 Å². The van der Waals surface area contributed by atoms with Gasteiger partial charge in [0.15, 0.2) is 0 Å². The molecule has 1 aliphatic carbocycles. The second-order valence-corrected chi connectivity index (χ2v) is 6.83. The Kier molecular flexibility index (Phi) is 9.16. The number of ether oxygens (including phenoxy) is 1. The molecule has 2 unspecified atom stereocenters. The van der Waals surface area contributed by atoms with Crippen LogP contribution in [-0.4, -0.2) is 67.2 Å². The lowest BCUT2D eigenvalue weighted by Crippen LogP contribution is -2.54. The third-order valence-electron chi connectivity index (χ3n) is 5.40. The number of carbonyl (C=O) groups excluding carboxylic acids is 1. The van der Waals surface area contributed by atoms with E-state index >= 15 is 0 Å². The SMILES string of the molecule is Cl.Cl.NC1CCCC(C(=O)N2CCN(C3CCOCC3)CC2)C1. The first-order valence-corrected chi connectivity index (χ1v) is 8.60. The van der Waals surface area contributed by atoms with Crippen LogP contribution in [0.1, 0.15) is 38.5 Å². The summed E-state index contributed by atoms with van der Waals surface area (Å²) in [5, 5.41) is 0. The van der Waals surface area contributed by atoms with Crippen LogP contribution in [0.15, 0.2) is 0 Å². The highest BCUT2D eigenvalue weighted by Crippen LogP contribution is 2.26. The normalized spacial score (nSPS) is 30.2. The van der Waals surface area contributed by atoms with Crippen LogP contribution < -0.4 is 5.73 Å². The number of amides is 1. The zero-order chi connectivity index (χ0) is 14.7. The predicted molar refractivity (Wildman–Crippen MR) is 96.4 cm³/mol. The molecular weight excluding hydrogens is 337 g/mol. The van der Waals surface area contributed by atoms with E-state index in [0.717, 1.165) is 77.9 Å². The average molecular weight is 368 g/mol. The molecule has 0 radical (unpaired) electrons. The molecule has 0 aromatic rings. The molecule has 0 aromatic carbocycles. The van der Waals surface area contributed by atoms with Gasteiger partial charge in [0.05, 0.1) is 0 Å². The lowest BCUT2D eigenvalue weighted by molar-refractivity contribution is -0.139. The van der Waals surface area contributed by atoms with Crippen molar-refractivity contribution < 1.29 is 9.53 Å². The van der Waals surface area contributed by atoms with Crippen LogP contribution in [0, 0.1) is 5.92 Å². The van der Waals surface area contributed by atoms with Crippen molar-refractivity contribution in [1.82, 2.24) is 9.80 Å². The molecule has 3 rings (SSSR count). The number of carbonyl (C=O) groups is 1. The molecule has 2 atom stereocenters. The summed E-state index contributed by atoms with van der Waals surface area (Å²) in [6.45, 7) is 5.61. The van der Waals surface area contributed by atoms with Crippen LogP contribution >= 0.6 is 24.8 Å². The summed E-state index contributed by atoms with van der Waals surface area (Å²) in [6, 6.07) is 0.898. The molecule has 23 heavy (non-hydrogen) atoms. The third-order valence-corrected chi connectivity index (χ3v) is 5.40. The summed E-state index contributed by atoms with van der Waals surface area (Å²) in [7, 11) is 0. The molecule has 0 bridgehead atoms. The minimum Gasteiger partial charge on any atom is -0.381 e. The van der Waals surface area contributed by atoms with Crippen LogP contribution in [0.3, 0.4) is 0 Å². The highest BCUT2D eigenvalue weighted by atomic mass is 35.5. The van der Waals surface area contributed by atoms with Crippen molar-refractivity contribution in [2.45, 2.75) is 50.6 Å². The number of hydrogen-bond donors (Lipinski definition) is 1. The van der Waals surface area contributed by atoms with Gasteiger partial charge in [0.2, 0.25) is 5.91 Å². The quantitative estimate of drug-likeness (QED) is 0.806. The fourth-order valence-corrected chi connectivity index (χ4v) is 4.07. The summed E-state index contributed by atoms with van der Waals surface area (Å²) in [5.74, 6) is 0.542. The monoisotopic (exact) mass is 367 g/mol. The topological polar surface area (TPSA) is 58.8 Å². The van der Waals surface area contributed by atoms with Crippen LogP contribution in [0.4, 0.5) is 0 Å². The van der Waals surface area contributed by atoms with Crippen LogP contribution in [0.5, 0.6) is 0 Å². The van der Waals surface area contributed by atoms with Crippen molar-refractivity contribution in [2.75, 3.05) is 39.4 Å². The molecule has 3 aliphatic rings. The molecular formula is C16H31Cl2N3O2. The summed E-state index contributed by atoms with van der Waals surface area (Å²) < 4.78 is 5.44. The van der Waals surface area contributed by atoms with Gasteiger partial charge in [0.25, 0.3) is 0 Å². The van der Waals surface area contributed by atoms with Gasteiger partial charge in [-0.1, -0.05) is 6.42 Å². The maximum absolute atomic E-state index is 12.6. The Labute approximate surface area is 152 Å². The Morgan fingerprint density at radius 3 is 2.22 bits per heavy atom. The lowest BCUT2D eigenvalue weighted by Gasteiger charge is -2.42. The summed E-state index contributed by atoms with van der Waals surface area (Å²) in [6.07, 6.45) is 6.41. The standard InChI is InChI=1S/C16H29N3O2.2ClH/c17-14-3-1-2-13(12-14)16(20)19-8-6-18(7-9-19)15-4-10-21-11-5-15;;/h13-15H,1-12,17H2;2*1H. The van der Waals surface area contributed by atoms with Crippen molar-refractivity contribution in [3.05, 3.63) is 0 Å². The van der Waals surface area contributed by atoms with Crippen molar-refractivity contribution in [3.63, 3.8) is 0 Å². The van der Waals surface area contributed by atoms with Gasteiger partial charge in [-0.05, 0) is 32.1 Å². The summed E-state index contributed by atoms with van der Waals surface area (Å²) >= 11 is 0. The fourth-order valence-electron chi connectivity index (χ4n) is 4.07. The van der Waals surface area contributed by atoms with E-state index in [0.29, 0.717) is 11.9 Å². The number of hydrogen-bond acceptors (Lipinski definition) is 4. The van der Waals surface area contributed by atoms with E-state index in [1.165, 1.54) is 0 Å². The first-order valence-electron chi connectivity index (χ1n) is 8.60. The average Bonchev–Trinajstić information content (AvgIpc) is 2.55. The second-order valence-electron chi connectivity index (χ2n) is 6.83. The van der Waals surface area contributed by atoms with Crippen LogP contribution in [-0.2, 0) is 9.53 Å². The molecule has 3 fully saturated rings. The molecule has 2 heterocycles. The molecule has 7 heteroatoms. The second kappa shape index (κ2) is 10.0. The fraction of sp³-hybridized carbons (Fsp3) is 0.938. The molecule has 5 nitrogen and oxygen atoms in total. The van der Waals surface area contributed by atoms with Gasteiger partial charge in [0.1, 0.15) is 0 Å². The van der Waals surface area contributed by atoms with E-state index in [4.69, 9.17) is 10.5 Å². The van der Waals surface area contributed by atoms with Gasteiger partial charge in [0, 0.05) is 57.4 Å². The molecule has 1 saturated carbocycles. The molecule has 2 saturated heterocycles.